The van der Waals surface area contributed by atoms with Crippen LogP contribution in [0.3, 0.4) is 0 Å². The summed E-state index contributed by atoms with van der Waals surface area (Å²) < 4.78 is 0. The molecule has 0 aromatic heterocycles. The number of hydrogen-bond donors (Lipinski definition) is 2. The molecule has 3 aliphatic carbocycles. The third kappa shape index (κ3) is 3.69. The molecule has 2 fully saturated rings. The molecular formula is C19H23NO2. The Bertz CT molecular complexity index is 605. The Labute approximate surface area is 132 Å². The summed E-state index contributed by atoms with van der Waals surface area (Å²) in [6.45, 7) is 1.72. The number of hydrogen-bond acceptors (Lipinski definition) is 2. The lowest BCUT2D eigenvalue weighted by molar-refractivity contribution is -0.118. The van der Waals surface area contributed by atoms with E-state index in [1.165, 1.54) is 19.3 Å². The molecule has 0 spiro atoms. The topological polar surface area (TPSA) is 49.3 Å². The summed E-state index contributed by atoms with van der Waals surface area (Å²) in [6.07, 6.45) is 11.4. The summed E-state index contributed by atoms with van der Waals surface area (Å²) in [5.74, 6) is 6.92. The molecule has 0 radical (unpaired) electrons. The highest BCUT2D eigenvalue weighted by Crippen LogP contribution is 2.28. The number of aliphatic hydroxyl groups is 1. The third-order valence-corrected chi connectivity index (χ3v) is 4.50. The first-order valence-electron chi connectivity index (χ1n) is 8.25. The molecule has 116 valence electrons. The lowest BCUT2D eigenvalue weighted by atomic mass is 9.92. The van der Waals surface area contributed by atoms with Gasteiger partial charge in [-0.3, -0.25) is 4.79 Å². The van der Waals surface area contributed by atoms with Crippen molar-refractivity contribution in [3.8, 4) is 11.8 Å². The second-order valence-corrected chi connectivity index (χ2v) is 6.46. The number of rotatable bonds is 3. The highest BCUT2D eigenvalue weighted by Gasteiger charge is 2.23. The van der Waals surface area contributed by atoms with Crippen molar-refractivity contribution in [2.24, 2.45) is 5.92 Å². The van der Waals surface area contributed by atoms with Crippen LogP contribution < -0.4 is 5.32 Å². The zero-order valence-corrected chi connectivity index (χ0v) is 13.1. The van der Waals surface area contributed by atoms with Crippen molar-refractivity contribution in [1.29, 1.82) is 0 Å². The van der Waals surface area contributed by atoms with Gasteiger partial charge in [-0.25, -0.2) is 0 Å². The van der Waals surface area contributed by atoms with Crippen LogP contribution in [-0.4, -0.2) is 23.2 Å². The van der Waals surface area contributed by atoms with Crippen molar-refractivity contribution in [2.45, 2.75) is 57.6 Å². The van der Waals surface area contributed by atoms with Gasteiger partial charge in [0.15, 0.2) is 0 Å². The molecule has 1 atom stereocenters. The van der Waals surface area contributed by atoms with Gasteiger partial charge in [-0.2, -0.15) is 0 Å². The number of aliphatic hydroxyl groups excluding tert-OH is 1. The van der Waals surface area contributed by atoms with Gasteiger partial charge in [0.1, 0.15) is 0 Å². The second kappa shape index (κ2) is 6.54. The minimum atomic E-state index is -0.626. The Kier molecular flexibility index (Phi) is 4.49. The first-order chi connectivity index (χ1) is 10.6. The number of carbonyl (C=O) groups is 1. The number of carbonyl (C=O) groups excluding carboxylic acids is 1. The minimum Gasteiger partial charge on any atom is -0.389 e. The monoisotopic (exact) mass is 297 g/mol. The molecule has 1 amide bonds. The molecule has 0 aromatic carbocycles. The van der Waals surface area contributed by atoms with Crippen molar-refractivity contribution < 1.29 is 9.90 Å². The second-order valence-electron chi connectivity index (χ2n) is 6.46. The van der Waals surface area contributed by atoms with Gasteiger partial charge in [-0.05, 0) is 63.2 Å². The molecular weight excluding hydrogens is 274 g/mol. The van der Waals surface area contributed by atoms with Gasteiger partial charge < -0.3 is 10.4 Å². The summed E-state index contributed by atoms with van der Waals surface area (Å²) in [7, 11) is 0. The molecule has 0 aliphatic heterocycles. The maximum absolute atomic E-state index is 12.5. The largest absolute Gasteiger partial charge is 0.389 e. The average molecular weight is 297 g/mol. The molecule has 0 bridgehead atoms. The Balaban J connectivity index is 1.76. The van der Waals surface area contributed by atoms with Gasteiger partial charge in [0, 0.05) is 23.1 Å². The Morgan fingerprint density at radius 1 is 1.32 bits per heavy atom. The van der Waals surface area contributed by atoms with E-state index >= 15 is 0 Å². The summed E-state index contributed by atoms with van der Waals surface area (Å²) in [4.78, 5) is 12.5. The summed E-state index contributed by atoms with van der Waals surface area (Å²) in [5.41, 5.74) is 2.31. The van der Waals surface area contributed by atoms with Crippen LogP contribution in [0.25, 0.3) is 0 Å². The van der Waals surface area contributed by atoms with Crippen molar-refractivity contribution in [3.63, 3.8) is 0 Å². The normalized spacial score (nSPS) is 22.9. The van der Waals surface area contributed by atoms with Crippen LogP contribution in [0.15, 0.2) is 34.9 Å². The Morgan fingerprint density at radius 2 is 2.09 bits per heavy atom. The zero-order chi connectivity index (χ0) is 15.5. The van der Waals surface area contributed by atoms with Gasteiger partial charge in [-0.15, -0.1) is 0 Å². The van der Waals surface area contributed by atoms with Crippen molar-refractivity contribution in [2.75, 3.05) is 0 Å². The van der Waals surface area contributed by atoms with E-state index in [2.05, 4.69) is 17.2 Å². The fourth-order valence-electron chi connectivity index (χ4n) is 2.62. The van der Waals surface area contributed by atoms with Crippen LogP contribution in [0.5, 0.6) is 0 Å². The van der Waals surface area contributed by atoms with E-state index < -0.39 is 6.10 Å². The van der Waals surface area contributed by atoms with Gasteiger partial charge >= 0.3 is 0 Å². The molecule has 3 aliphatic rings. The number of allylic oxidation sites excluding steroid dienone is 3. The maximum atomic E-state index is 12.5. The molecule has 1 unspecified atom stereocenters. The lowest BCUT2D eigenvalue weighted by Gasteiger charge is -2.27. The predicted molar refractivity (Wildman–Crippen MR) is 86.8 cm³/mol. The summed E-state index contributed by atoms with van der Waals surface area (Å²) in [6, 6.07) is 0.300. The number of amides is 1. The van der Waals surface area contributed by atoms with E-state index in [1.54, 1.807) is 6.92 Å². The van der Waals surface area contributed by atoms with Crippen LogP contribution in [0.1, 0.15) is 45.4 Å². The number of nitrogens with one attached hydrogen (secondary N) is 1. The van der Waals surface area contributed by atoms with E-state index in [-0.39, 0.29) is 5.91 Å². The van der Waals surface area contributed by atoms with Crippen LogP contribution in [0, 0.1) is 17.8 Å². The van der Waals surface area contributed by atoms with E-state index in [4.69, 9.17) is 0 Å². The van der Waals surface area contributed by atoms with Gasteiger partial charge in [0.05, 0.1) is 6.10 Å². The minimum absolute atomic E-state index is 0.0679. The zero-order valence-electron chi connectivity index (χ0n) is 13.1. The third-order valence-electron chi connectivity index (χ3n) is 4.50. The van der Waals surface area contributed by atoms with Gasteiger partial charge in [0.25, 0.3) is 5.91 Å². The lowest BCUT2D eigenvalue weighted by Crippen LogP contribution is -2.40. The highest BCUT2D eigenvalue weighted by atomic mass is 16.3. The van der Waals surface area contributed by atoms with Gasteiger partial charge in [-0.1, -0.05) is 17.9 Å². The molecule has 22 heavy (non-hydrogen) atoms. The molecule has 2 saturated carbocycles. The molecule has 0 aromatic rings. The van der Waals surface area contributed by atoms with Crippen LogP contribution in [0.4, 0.5) is 0 Å². The van der Waals surface area contributed by atoms with Crippen LogP contribution >= 0.6 is 0 Å². The molecule has 3 rings (SSSR count). The van der Waals surface area contributed by atoms with Crippen molar-refractivity contribution in [3.05, 3.63) is 34.9 Å². The Morgan fingerprint density at radius 3 is 2.68 bits per heavy atom. The Hall–Kier alpha value is -1.79. The molecule has 3 heteroatoms. The highest BCUT2D eigenvalue weighted by molar-refractivity contribution is 5.97. The fourth-order valence-corrected chi connectivity index (χ4v) is 2.62. The van der Waals surface area contributed by atoms with E-state index in [0.29, 0.717) is 24.0 Å². The average Bonchev–Trinajstić information content (AvgIpc) is 3.26. The fraction of sp³-hybridized carbons (Fsp3) is 0.526. The molecule has 0 saturated heterocycles. The summed E-state index contributed by atoms with van der Waals surface area (Å²) in [5, 5.41) is 13.1. The van der Waals surface area contributed by atoms with E-state index in [0.717, 1.165) is 24.0 Å². The standard InChI is InChI=1S/C19H23NO2/c1-13(21)17-11-9-15(8-7-14-5-6-14)10-12-18(17)19(22)20-16-3-2-4-16/h9-10,12-14,16,21H,2-6,11H2,1H3,(H,20,22). The van der Waals surface area contributed by atoms with Crippen molar-refractivity contribution >= 4 is 5.91 Å². The molecule has 0 heterocycles. The van der Waals surface area contributed by atoms with Crippen LogP contribution in [0.2, 0.25) is 0 Å². The smallest absolute Gasteiger partial charge is 0.251 e. The summed E-state index contributed by atoms with van der Waals surface area (Å²) >= 11 is 0. The van der Waals surface area contributed by atoms with Gasteiger partial charge in [0.2, 0.25) is 0 Å². The first kappa shape index (κ1) is 15.1. The SMILES string of the molecule is CC(O)C1=C(C(=O)NC2CCC2)C=CC(C#CC2CC2)=CC1. The maximum Gasteiger partial charge on any atom is 0.251 e. The molecule has 3 nitrogen and oxygen atoms in total. The quantitative estimate of drug-likeness (QED) is 0.787. The predicted octanol–water partition coefficient (Wildman–Crippen LogP) is 2.63. The van der Waals surface area contributed by atoms with E-state index in [9.17, 15) is 9.90 Å². The first-order valence-corrected chi connectivity index (χ1v) is 8.25. The van der Waals surface area contributed by atoms with Crippen molar-refractivity contribution in [1.82, 2.24) is 5.32 Å². The van der Waals surface area contributed by atoms with Crippen LogP contribution in [-0.2, 0) is 4.79 Å². The van der Waals surface area contributed by atoms with E-state index in [1.807, 2.05) is 18.2 Å². The molecule has 2 N–H and O–H groups in total.